The highest BCUT2D eigenvalue weighted by molar-refractivity contribution is 6.76. The molecular formula is C15H21Cl2N3OSi. The summed E-state index contributed by atoms with van der Waals surface area (Å²) in [4.78, 5) is 8.28. The van der Waals surface area contributed by atoms with E-state index in [-0.39, 0.29) is 5.28 Å². The van der Waals surface area contributed by atoms with Crippen LogP contribution in [-0.2, 0) is 17.9 Å². The number of hydrogen-bond acceptors (Lipinski definition) is 3. The summed E-state index contributed by atoms with van der Waals surface area (Å²) in [7, 11) is -1.10. The van der Waals surface area contributed by atoms with Gasteiger partial charge in [0.2, 0.25) is 5.28 Å². The largest absolute Gasteiger partial charge is 0.361 e. The van der Waals surface area contributed by atoms with Crippen LogP contribution in [0.3, 0.4) is 0 Å². The molecular weight excluding hydrogens is 337 g/mol. The first-order chi connectivity index (χ1) is 10.3. The van der Waals surface area contributed by atoms with Crippen LogP contribution in [0.15, 0.2) is 18.7 Å². The Hall–Kier alpha value is -0.883. The van der Waals surface area contributed by atoms with Crippen molar-refractivity contribution in [3.05, 3.63) is 34.9 Å². The van der Waals surface area contributed by atoms with E-state index in [2.05, 4.69) is 36.2 Å². The molecule has 0 aromatic carbocycles. The smallest absolute Gasteiger partial charge is 0.225 e. The first-order valence-electron chi connectivity index (χ1n) is 7.21. The molecule has 2 aromatic heterocycles. The molecule has 0 aliphatic rings. The second-order valence-electron chi connectivity index (χ2n) is 6.43. The third-order valence-electron chi connectivity index (χ3n) is 3.34. The second-order valence-corrected chi connectivity index (χ2v) is 12.7. The third-order valence-corrected chi connectivity index (χ3v) is 5.50. The van der Waals surface area contributed by atoms with Crippen molar-refractivity contribution in [3.8, 4) is 0 Å². The van der Waals surface area contributed by atoms with Gasteiger partial charge in [0, 0.05) is 26.8 Å². The summed E-state index contributed by atoms with van der Waals surface area (Å²) in [5.74, 6) is 0. The Morgan fingerprint density at radius 3 is 2.68 bits per heavy atom. The molecule has 2 rings (SSSR count). The maximum atomic E-state index is 6.16. The summed E-state index contributed by atoms with van der Waals surface area (Å²) in [6.45, 7) is 12.0. The highest BCUT2D eigenvalue weighted by atomic mass is 35.5. The predicted molar refractivity (Wildman–Crippen MR) is 95.6 cm³/mol. The number of fused-ring (bicyclic) bond motifs is 1. The molecule has 120 valence electrons. The average Bonchev–Trinajstić information content (AvgIpc) is 2.73. The van der Waals surface area contributed by atoms with Gasteiger partial charge in [-0.05, 0) is 23.7 Å². The molecule has 0 unspecified atom stereocenters. The molecule has 0 spiro atoms. The molecule has 7 heteroatoms. The Kier molecular flexibility index (Phi) is 5.66. The fourth-order valence-corrected chi connectivity index (χ4v) is 3.30. The Morgan fingerprint density at radius 2 is 2.05 bits per heavy atom. The number of nitrogens with zero attached hydrogens (tertiary/aromatic N) is 3. The molecule has 0 aliphatic carbocycles. The molecule has 0 atom stereocenters. The predicted octanol–water partition coefficient (Wildman–Crippen LogP) is 4.78. The molecule has 0 saturated heterocycles. The summed E-state index contributed by atoms with van der Waals surface area (Å²) >= 11 is 12.1. The summed E-state index contributed by atoms with van der Waals surface area (Å²) in [6, 6.07) is 3.09. The van der Waals surface area contributed by atoms with E-state index in [1.165, 1.54) is 0 Å². The molecule has 0 saturated carbocycles. The van der Waals surface area contributed by atoms with Crippen molar-refractivity contribution in [1.29, 1.82) is 0 Å². The maximum absolute atomic E-state index is 6.16. The molecule has 0 bridgehead atoms. The highest BCUT2D eigenvalue weighted by Gasteiger charge is 2.15. The van der Waals surface area contributed by atoms with E-state index in [0.717, 1.165) is 23.7 Å². The maximum Gasteiger partial charge on any atom is 0.225 e. The first kappa shape index (κ1) is 17.5. The van der Waals surface area contributed by atoms with Crippen LogP contribution < -0.4 is 0 Å². The van der Waals surface area contributed by atoms with Crippen molar-refractivity contribution in [3.63, 3.8) is 0 Å². The lowest BCUT2D eigenvalue weighted by Crippen LogP contribution is -2.22. The highest BCUT2D eigenvalue weighted by Crippen LogP contribution is 2.26. The zero-order valence-corrected chi connectivity index (χ0v) is 15.7. The summed E-state index contributed by atoms with van der Waals surface area (Å²) < 4.78 is 7.83. The Balaban J connectivity index is 2.25. The van der Waals surface area contributed by atoms with E-state index in [1.807, 2.05) is 16.7 Å². The van der Waals surface area contributed by atoms with E-state index in [4.69, 9.17) is 27.9 Å². The van der Waals surface area contributed by atoms with Gasteiger partial charge in [0.25, 0.3) is 0 Å². The van der Waals surface area contributed by atoms with Crippen molar-refractivity contribution < 1.29 is 4.74 Å². The van der Waals surface area contributed by atoms with Crippen LogP contribution in [0.25, 0.3) is 11.0 Å². The fraction of sp³-hybridized carbons (Fsp3) is 0.467. The van der Waals surface area contributed by atoms with E-state index in [9.17, 15) is 0 Å². The molecule has 4 nitrogen and oxygen atoms in total. The fourth-order valence-electron chi connectivity index (χ4n) is 2.11. The Bertz CT molecular complexity index is 679. The van der Waals surface area contributed by atoms with Crippen LogP contribution in [0.2, 0.25) is 36.1 Å². The van der Waals surface area contributed by atoms with E-state index < -0.39 is 8.07 Å². The number of aromatic nitrogens is 3. The molecule has 0 fully saturated rings. The Labute approximate surface area is 142 Å². The van der Waals surface area contributed by atoms with Gasteiger partial charge in [-0.2, -0.15) is 4.98 Å². The standard InChI is InChI=1S/C15H21Cl2N3OSi/c1-5-6-11-9-12-13(16)18-15(17)19-14(12)20(11)10-21-7-8-22(2,3)4/h5,9H,1,6-8,10H2,2-4H3. The molecule has 2 aromatic rings. The van der Waals surface area contributed by atoms with Gasteiger partial charge in [-0.1, -0.05) is 37.3 Å². The number of allylic oxidation sites excluding steroid dienone is 1. The summed E-state index contributed by atoms with van der Waals surface area (Å²) in [5.41, 5.74) is 1.74. The third kappa shape index (κ3) is 4.32. The van der Waals surface area contributed by atoms with Gasteiger partial charge in [-0.3, -0.25) is 0 Å². The van der Waals surface area contributed by atoms with Crippen LogP contribution >= 0.6 is 23.2 Å². The van der Waals surface area contributed by atoms with Gasteiger partial charge in [0.1, 0.15) is 17.5 Å². The van der Waals surface area contributed by atoms with Gasteiger partial charge < -0.3 is 9.30 Å². The lowest BCUT2D eigenvalue weighted by atomic mass is 10.3. The second kappa shape index (κ2) is 7.13. The zero-order chi connectivity index (χ0) is 16.3. The lowest BCUT2D eigenvalue weighted by molar-refractivity contribution is 0.0883. The van der Waals surface area contributed by atoms with Crippen molar-refractivity contribution >= 4 is 42.3 Å². The number of halogens is 2. The first-order valence-corrected chi connectivity index (χ1v) is 11.7. The minimum atomic E-state index is -1.10. The van der Waals surface area contributed by atoms with E-state index >= 15 is 0 Å². The molecule has 0 radical (unpaired) electrons. The molecule has 2 heterocycles. The zero-order valence-electron chi connectivity index (χ0n) is 13.2. The minimum absolute atomic E-state index is 0.143. The van der Waals surface area contributed by atoms with Crippen molar-refractivity contribution in [2.75, 3.05) is 6.61 Å². The van der Waals surface area contributed by atoms with Gasteiger partial charge >= 0.3 is 0 Å². The lowest BCUT2D eigenvalue weighted by Gasteiger charge is -2.16. The average molecular weight is 358 g/mol. The molecule has 22 heavy (non-hydrogen) atoms. The monoisotopic (exact) mass is 357 g/mol. The molecule has 0 N–H and O–H groups in total. The molecule has 0 aliphatic heterocycles. The number of rotatable bonds is 7. The van der Waals surface area contributed by atoms with Gasteiger partial charge in [0.05, 0.1) is 5.39 Å². The van der Waals surface area contributed by atoms with Crippen LogP contribution in [0.5, 0.6) is 0 Å². The van der Waals surface area contributed by atoms with Crippen molar-refractivity contribution in [2.45, 2.75) is 38.8 Å². The quantitative estimate of drug-likeness (QED) is 0.235. The van der Waals surface area contributed by atoms with Gasteiger partial charge in [-0.25, -0.2) is 4.98 Å². The summed E-state index contributed by atoms with van der Waals surface area (Å²) in [5, 5.41) is 1.29. The van der Waals surface area contributed by atoms with E-state index in [0.29, 0.717) is 24.0 Å². The van der Waals surface area contributed by atoms with Crippen molar-refractivity contribution in [1.82, 2.24) is 14.5 Å². The minimum Gasteiger partial charge on any atom is -0.361 e. The SMILES string of the molecule is C=CCc1cc2c(Cl)nc(Cl)nc2n1COCC[Si](C)(C)C. The van der Waals surface area contributed by atoms with Crippen LogP contribution in [0.1, 0.15) is 5.69 Å². The van der Waals surface area contributed by atoms with Crippen molar-refractivity contribution in [2.24, 2.45) is 0 Å². The topological polar surface area (TPSA) is 39.9 Å². The number of ether oxygens (including phenoxy) is 1. The number of hydrogen-bond donors (Lipinski definition) is 0. The van der Waals surface area contributed by atoms with E-state index in [1.54, 1.807) is 0 Å². The van der Waals surface area contributed by atoms with Crippen LogP contribution in [0, 0.1) is 0 Å². The van der Waals surface area contributed by atoms with Gasteiger partial charge in [-0.15, -0.1) is 6.58 Å². The Morgan fingerprint density at radius 1 is 1.32 bits per heavy atom. The van der Waals surface area contributed by atoms with Crippen LogP contribution in [-0.4, -0.2) is 29.2 Å². The van der Waals surface area contributed by atoms with Gasteiger partial charge in [0.15, 0.2) is 0 Å². The normalized spacial score (nSPS) is 12.0. The van der Waals surface area contributed by atoms with Crippen LogP contribution in [0.4, 0.5) is 0 Å². The molecule has 0 amide bonds. The summed E-state index contributed by atoms with van der Waals surface area (Å²) in [6.07, 6.45) is 2.55.